The molecule has 0 bridgehead atoms. The Labute approximate surface area is 70.8 Å². The predicted octanol–water partition coefficient (Wildman–Crippen LogP) is 1.55. The first kappa shape index (κ1) is 7.99. The van der Waals surface area contributed by atoms with Gasteiger partial charge in [-0.25, -0.2) is 0 Å². The molecule has 0 spiro atoms. The minimum Gasteiger partial charge on any atom is -0.303 e. The van der Waals surface area contributed by atoms with Crippen molar-refractivity contribution in [3.05, 3.63) is 30.3 Å². The summed E-state index contributed by atoms with van der Waals surface area (Å²) in [5.74, 6) is 0. The topological polar surface area (TPSA) is 35.5 Å². The van der Waals surface area contributed by atoms with Crippen molar-refractivity contribution in [3.63, 3.8) is 0 Å². The highest BCUT2D eigenvalue weighted by atomic mass is 31.2. The van der Waals surface area contributed by atoms with Gasteiger partial charge in [0, 0.05) is 0 Å². The van der Waals surface area contributed by atoms with Gasteiger partial charge in [-0.1, -0.05) is 18.2 Å². The molecule has 0 saturated carbocycles. The summed E-state index contributed by atoms with van der Waals surface area (Å²) < 4.78 is 21.9. The van der Waals surface area contributed by atoms with Crippen LogP contribution in [0.4, 0.5) is 0 Å². The van der Waals surface area contributed by atoms with Gasteiger partial charge in [-0.2, -0.15) is 0 Å². The summed E-state index contributed by atoms with van der Waals surface area (Å²) in [5.41, 5.74) is 0. The van der Waals surface area contributed by atoms with Crippen LogP contribution in [0.25, 0.3) is 0 Å². The summed E-state index contributed by atoms with van der Waals surface area (Å²) in [6.45, 7) is 0.846. The second kappa shape index (κ2) is 3.02. The van der Waals surface area contributed by atoms with E-state index in [1.165, 1.54) is 0 Å². The maximum atomic E-state index is 11.8. The van der Waals surface area contributed by atoms with Gasteiger partial charge in [0.25, 0.3) is 0 Å². The number of benzene rings is 1. The van der Waals surface area contributed by atoms with Crippen LogP contribution < -0.4 is 5.30 Å². The summed E-state index contributed by atoms with van der Waals surface area (Å²) in [5, 5.41) is 0.641. The lowest BCUT2D eigenvalue weighted by molar-refractivity contribution is 0.365. The fourth-order valence-electron chi connectivity index (χ4n) is 1.11. The number of hydrogen-bond acceptors (Lipinski definition) is 3. The van der Waals surface area contributed by atoms with Gasteiger partial charge in [0.05, 0.1) is 18.5 Å². The van der Waals surface area contributed by atoms with Gasteiger partial charge in [-0.3, -0.25) is 4.57 Å². The van der Waals surface area contributed by atoms with Gasteiger partial charge in [-0.15, -0.1) is 0 Å². The van der Waals surface area contributed by atoms with Crippen LogP contribution in [-0.4, -0.2) is 13.2 Å². The Kier molecular flexibility index (Phi) is 2.01. The lowest BCUT2D eigenvalue weighted by atomic mass is 10.4. The maximum absolute atomic E-state index is 11.8. The van der Waals surface area contributed by atoms with Crippen LogP contribution in [0.2, 0.25) is 0 Å². The highest BCUT2D eigenvalue weighted by molar-refractivity contribution is 7.62. The molecule has 0 unspecified atom stereocenters. The molecule has 3 nitrogen and oxygen atoms in total. The molecule has 1 saturated heterocycles. The van der Waals surface area contributed by atoms with E-state index in [0.717, 1.165) is 0 Å². The highest BCUT2D eigenvalue weighted by Crippen LogP contribution is 2.50. The third-order valence-electron chi connectivity index (χ3n) is 1.68. The Morgan fingerprint density at radius 2 is 1.67 bits per heavy atom. The van der Waals surface area contributed by atoms with Gasteiger partial charge in [0.1, 0.15) is 0 Å². The molecule has 1 heterocycles. The molecule has 12 heavy (non-hydrogen) atoms. The maximum Gasteiger partial charge on any atom is 0.361 e. The van der Waals surface area contributed by atoms with E-state index in [4.69, 9.17) is 9.05 Å². The predicted molar refractivity (Wildman–Crippen MR) is 45.6 cm³/mol. The molecular formula is C8H9O3P. The quantitative estimate of drug-likeness (QED) is 0.621. The summed E-state index contributed by atoms with van der Waals surface area (Å²) in [7, 11) is -2.92. The molecule has 0 radical (unpaired) electrons. The summed E-state index contributed by atoms with van der Waals surface area (Å²) in [6.07, 6.45) is 0. The van der Waals surface area contributed by atoms with Gasteiger partial charge >= 0.3 is 7.60 Å². The van der Waals surface area contributed by atoms with E-state index in [2.05, 4.69) is 0 Å². The van der Waals surface area contributed by atoms with Crippen molar-refractivity contribution < 1.29 is 13.6 Å². The Hall–Kier alpha value is -0.630. The zero-order valence-electron chi connectivity index (χ0n) is 6.47. The van der Waals surface area contributed by atoms with E-state index in [9.17, 15) is 4.57 Å². The number of rotatable bonds is 1. The second-order valence-corrected chi connectivity index (χ2v) is 4.53. The molecule has 0 atom stereocenters. The molecule has 0 aromatic heterocycles. The second-order valence-electron chi connectivity index (χ2n) is 2.50. The zero-order chi connectivity index (χ0) is 8.44. The van der Waals surface area contributed by atoms with Gasteiger partial charge in [-0.05, 0) is 12.1 Å². The fraction of sp³-hybridized carbons (Fsp3) is 0.250. The summed E-state index contributed by atoms with van der Waals surface area (Å²) >= 11 is 0. The monoisotopic (exact) mass is 184 g/mol. The average molecular weight is 184 g/mol. The Balaban J connectivity index is 2.36. The first-order valence-corrected chi connectivity index (χ1v) is 5.30. The van der Waals surface area contributed by atoms with Crippen LogP contribution in [0.15, 0.2) is 30.3 Å². The molecular weight excluding hydrogens is 175 g/mol. The van der Waals surface area contributed by atoms with E-state index < -0.39 is 7.60 Å². The minimum atomic E-state index is -2.92. The van der Waals surface area contributed by atoms with E-state index in [-0.39, 0.29) is 0 Å². The molecule has 0 amide bonds. The van der Waals surface area contributed by atoms with Crippen molar-refractivity contribution in [2.24, 2.45) is 0 Å². The largest absolute Gasteiger partial charge is 0.361 e. The van der Waals surface area contributed by atoms with Gasteiger partial charge in [0.2, 0.25) is 0 Å². The van der Waals surface area contributed by atoms with Crippen molar-refractivity contribution >= 4 is 12.9 Å². The van der Waals surface area contributed by atoms with E-state index in [0.29, 0.717) is 18.5 Å². The Morgan fingerprint density at radius 1 is 1.08 bits per heavy atom. The molecule has 0 N–H and O–H groups in total. The standard InChI is InChI=1S/C8H9O3P/c9-12(10-6-7-11-12)8-4-2-1-3-5-8/h1-5H,6-7H2. The van der Waals surface area contributed by atoms with Gasteiger partial charge in [0.15, 0.2) is 0 Å². The first-order chi connectivity index (χ1) is 5.81. The van der Waals surface area contributed by atoms with Crippen LogP contribution in [-0.2, 0) is 13.6 Å². The highest BCUT2D eigenvalue weighted by Gasteiger charge is 2.31. The van der Waals surface area contributed by atoms with Crippen molar-refractivity contribution in [2.75, 3.05) is 13.2 Å². The average Bonchev–Trinajstić information content (AvgIpc) is 2.55. The fourth-order valence-corrected chi connectivity index (χ4v) is 2.65. The Bertz CT molecular complexity index is 299. The lowest BCUT2D eigenvalue weighted by Gasteiger charge is -2.07. The van der Waals surface area contributed by atoms with E-state index >= 15 is 0 Å². The minimum absolute atomic E-state index is 0.423. The molecule has 64 valence electrons. The number of hydrogen-bond donors (Lipinski definition) is 0. The van der Waals surface area contributed by atoms with Crippen molar-refractivity contribution in [1.29, 1.82) is 0 Å². The zero-order valence-corrected chi connectivity index (χ0v) is 7.37. The molecule has 1 aliphatic heterocycles. The van der Waals surface area contributed by atoms with Gasteiger partial charge < -0.3 is 9.05 Å². The van der Waals surface area contributed by atoms with Crippen molar-refractivity contribution in [1.82, 2.24) is 0 Å². The molecule has 4 heteroatoms. The molecule has 1 aromatic carbocycles. The third-order valence-corrected chi connectivity index (χ3v) is 3.65. The summed E-state index contributed by atoms with van der Waals surface area (Å²) in [6, 6.07) is 9.02. The Morgan fingerprint density at radius 3 is 2.25 bits per heavy atom. The smallest absolute Gasteiger partial charge is 0.303 e. The lowest BCUT2D eigenvalue weighted by Crippen LogP contribution is -2.03. The van der Waals surface area contributed by atoms with Crippen molar-refractivity contribution in [2.45, 2.75) is 0 Å². The molecule has 1 aliphatic rings. The van der Waals surface area contributed by atoms with Crippen molar-refractivity contribution in [3.8, 4) is 0 Å². The molecule has 2 rings (SSSR count). The first-order valence-electron chi connectivity index (χ1n) is 3.76. The van der Waals surface area contributed by atoms with Crippen LogP contribution in [0, 0.1) is 0 Å². The normalized spacial score (nSPS) is 21.0. The molecule has 1 fully saturated rings. The third kappa shape index (κ3) is 1.31. The SMILES string of the molecule is O=P1(c2ccccc2)OCCO1. The van der Waals surface area contributed by atoms with Crippen LogP contribution in [0.1, 0.15) is 0 Å². The van der Waals surface area contributed by atoms with Crippen LogP contribution in [0.5, 0.6) is 0 Å². The molecule has 0 aliphatic carbocycles. The van der Waals surface area contributed by atoms with Crippen LogP contribution in [0.3, 0.4) is 0 Å². The van der Waals surface area contributed by atoms with E-state index in [1.807, 2.05) is 18.2 Å². The van der Waals surface area contributed by atoms with Crippen LogP contribution >= 0.6 is 7.60 Å². The van der Waals surface area contributed by atoms with E-state index in [1.54, 1.807) is 12.1 Å². The summed E-state index contributed by atoms with van der Waals surface area (Å²) in [4.78, 5) is 0. The molecule has 1 aromatic rings.